The van der Waals surface area contributed by atoms with E-state index in [0.29, 0.717) is 16.6 Å². The van der Waals surface area contributed by atoms with Crippen LogP contribution >= 0.6 is 11.8 Å². The Hall–Kier alpha value is -1.30. The van der Waals surface area contributed by atoms with Gasteiger partial charge in [0.15, 0.2) is 11.0 Å². The maximum atomic E-state index is 11.2. The average Bonchev–Trinajstić information content (AvgIpc) is 2.52. The molecular weight excluding hydrogens is 176 g/mol. The zero-order valence-electron chi connectivity index (χ0n) is 6.18. The minimum Gasteiger partial charge on any atom is -0.266 e. The first kappa shape index (κ1) is 7.35. The summed E-state index contributed by atoms with van der Waals surface area (Å²) in [5.74, 6) is 0.0636. The normalized spacial score (nSPS) is 20.1. The fourth-order valence-electron chi connectivity index (χ4n) is 0.840. The second-order valence-corrected chi connectivity index (χ2v) is 2.87. The predicted octanol–water partition coefficient (Wildman–Crippen LogP) is 0.994. The summed E-state index contributed by atoms with van der Waals surface area (Å²) >= 11 is 1.31. The van der Waals surface area contributed by atoms with Crippen LogP contribution < -0.4 is 0 Å². The second kappa shape index (κ2) is 2.63. The third-order valence-corrected chi connectivity index (χ3v) is 1.94. The molecule has 2 rings (SSSR count). The van der Waals surface area contributed by atoms with E-state index < -0.39 is 0 Å². The topological polar surface area (TPSA) is 66.5 Å². The lowest BCUT2D eigenvalue weighted by molar-refractivity contribution is -0.113. The number of azo groups is 1. The summed E-state index contributed by atoms with van der Waals surface area (Å²) in [4.78, 5) is 18.9. The number of amidine groups is 2. The molecule has 2 aliphatic heterocycles. The highest BCUT2D eigenvalue weighted by Crippen LogP contribution is 2.18. The molecule has 0 saturated carbocycles. The van der Waals surface area contributed by atoms with Crippen LogP contribution in [0.2, 0.25) is 0 Å². The molecule has 0 aliphatic carbocycles. The van der Waals surface area contributed by atoms with Crippen LogP contribution in [0, 0.1) is 0 Å². The molecule has 0 aromatic carbocycles. The van der Waals surface area contributed by atoms with Crippen LogP contribution in [0.3, 0.4) is 0 Å². The van der Waals surface area contributed by atoms with Gasteiger partial charge < -0.3 is 0 Å². The molecule has 0 saturated heterocycles. The van der Waals surface area contributed by atoms with Crippen molar-refractivity contribution in [1.29, 1.82) is 0 Å². The standard InChI is InChI=1S/C6H4N4OS/c1-12-6-8-4-3(2-7-10-4)5(11)9-6/h2H,1H3. The van der Waals surface area contributed by atoms with Gasteiger partial charge in [-0.25, -0.2) is 4.99 Å². The Morgan fingerprint density at radius 1 is 1.42 bits per heavy atom. The third kappa shape index (κ3) is 1.00. The zero-order valence-corrected chi connectivity index (χ0v) is 7.00. The predicted molar refractivity (Wildman–Crippen MR) is 46.3 cm³/mol. The fourth-order valence-corrected chi connectivity index (χ4v) is 1.19. The van der Waals surface area contributed by atoms with Gasteiger partial charge in [0.1, 0.15) is 5.57 Å². The number of rotatable bonds is 0. The number of thioether (sulfide) groups is 1. The number of aliphatic imine (C=N–C) groups is 2. The van der Waals surface area contributed by atoms with Crippen LogP contribution in [0.5, 0.6) is 0 Å². The molecular formula is C6H4N4OS. The Labute approximate surface area is 72.4 Å². The summed E-state index contributed by atoms with van der Waals surface area (Å²) in [7, 11) is 0. The smallest absolute Gasteiger partial charge is 0.266 e. The van der Waals surface area contributed by atoms with Gasteiger partial charge in [-0.3, -0.25) is 4.79 Å². The van der Waals surface area contributed by atoms with Crippen molar-refractivity contribution >= 4 is 28.7 Å². The highest BCUT2D eigenvalue weighted by atomic mass is 32.2. The van der Waals surface area contributed by atoms with Crippen LogP contribution in [-0.4, -0.2) is 23.2 Å². The van der Waals surface area contributed by atoms with Gasteiger partial charge in [0.25, 0.3) is 5.91 Å². The van der Waals surface area contributed by atoms with Crippen molar-refractivity contribution in [2.75, 3.05) is 6.26 Å². The van der Waals surface area contributed by atoms with Crippen LogP contribution in [-0.2, 0) is 4.79 Å². The lowest BCUT2D eigenvalue weighted by Crippen LogP contribution is -2.14. The van der Waals surface area contributed by atoms with E-state index in [9.17, 15) is 4.79 Å². The largest absolute Gasteiger partial charge is 0.285 e. The molecule has 2 heterocycles. The lowest BCUT2D eigenvalue weighted by atomic mass is 10.2. The van der Waals surface area contributed by atoms with E-state index in [0.717, 1.165) is 0 Å². The number of fused-ring (bicyclic) bond motifs is 1. The molecule has 6 heteroatoms. The number of hydrogen-bond donors (Lipinski definition) is 0. The molecule has 0 radical (unpaired) electrons. The quantitative estimate of drug-likeness (QED) is 0.558. The van der Waals surface area contributed by atoms with Crippen molar-refractivity contribution in [3.05, 3.63) is 11.8 Å². The highest BCUT2D eigenvalue weighted by molar-refractivity contribution is 8.13. The van der Waals surface area contributed by atoms with Crippen molar-refractivity contribution in [2.24, 2.45) is 20.2 Å². The van der Waals surface area contributed by atoms with E-state index in [-0.39, 0.29) is 5.91 Å². The van der Waals surface area contributed by atoms with E-state index in [1.54, 1.807) is 6.26 Å². The number of carbonyl (C=O) groups is 1. The van der Waals surface area contributed by atoms with Gasteiger partial charge in [0.05, 0.1) is 6.20 Å². The summed E-state index contributed by atoms with van der Waals surface area (Å²) in [6.07, 6.45) is 3.18. The molecule has 0 fully saturated rings. The Kier molecular flexibility index (Phi) is 1.61. The molecule has 0 unspecified atom stereocenters. The van der Waals surface area contributed by atoms with Gasteiger partial charge in [-0.2, -0.15) is 10.1 Å². The summed E-state index contributed by atoms with van der Waals surface area (Å²) < 4.78 is 0. The number of carbonyl (C=O) groups excluding carboxylic acids is 1. The Morgan fingerprint density at radius 3 is 3.00 bits per heavy atom. The van der Waals surface area contributed by atoms with Gasteiger partial charge in [-0.15, -0.1) is 5.11 Å². The maximum absolute atomic E-state index is 11.2. The number of hydrogen-bond acceptors (Lipinski definition) is 5. The average molecular weight is 180 g/mol. The van der Waals surface area contributed by atoms with Crippen LogP contribution in [0.15, 0.2) is 32.0 Å². The first-order valence-electron chi connectivity index (χ1n) is 3.18. The third-order valence-electron chi connectivity index (χ3n) is 1.39. The SMILES string of the molecule is CSC1=NC(=O)C2=CN=NC2=N1. The van der Waals surface area contributed by atoms with Crippen molar-refractivity contribution in [3.63, 3.8) is 0 Å². The summed E-state index contributed by atoms with van der Waals surface area (Å²) in [5, 5.41) is 7.69. The van der Waals surface area contributed by atoms with Crippen molar-refractivity contribution in [2.45, 2.75) is 0 Å². The Morgan fingerprint density at radius 2 is 2.25 bits per heavy atom. The summed E-state index contributed by atoms with van der Waals surface area (Å²) in [5.41, 5.74) is 0.382. The van der Waals surface area contributed by atoms with Crippen molar-refractivity contribution in [1.82, 2.24) is 0 Å². The molecule has 0 aromatic rings. The van der Waals surface area contributed by atoms with E-state index in [4.69, 9.17) is 0 Å². The highest BCUT2D eigenvalue weighted by Gasteiger charge is 2.24. The molecule has 12 heavy (non-hydrogen) atoms. The van der Waals surface area contributed by atoms with E-state index in [2.05, 4.69) is 20.2 Å². The first-order chi connectivity index (χ1) is 5.81. The molecule has 0 aromatic heterocycles. The zero-order chi connectivity index (χ0) is 8.55. The summed E-state index contributed by atoms with van der Waals surface area (Å²) in [6.45, 7) is 0. The minimum atomic E-state index is -0.311. The van der Waals surface area contributed by atoms with Gasteiger partial charge >= 0.3 is 0 Å². The molecule has 0 bridgehead atoms. The molecule has 5 nitrogen and oxygen atoms in total. The summed E-state index contributed by atoms with van der Waals surface area (Å²) in [6, 6.07) is 0. The van der Waals surface area contributed by atoms with Crippen LogP contribution in [0.4, 0.5) is 0 Å². The molecule has 1 amide bonds. The maximum Gasteiger partial charge on any atom is 0.285 e. The Bertz CT molecular complexity index is 366. The number of nitrogens with zero attached hydrogens (tertiary/aromatic N) is 4. The van der Waals surface area contributed by atoms with Gasteiger partial charge in [0.2, 0.25) is 0 Å². The molecule has 0 spiro atoms. The second-order valence-electron chi connectivity index (χ2n) is 2.10. The van der Waals surface area contributed by atoms with Gasteiger partial charge in [0, 0.05) is 0 Å². The molecule has 2 aliphatic rings. The minimum absolute atomic E-state index is 0.311. The van der Waals surface area contributed by atoms with Crippen LogP contribution in [0.1, 0.15) is 0 Å². The molecule has 60 valence electrons. The Balaban J connectivity index is 2.45. The van der Waals surface area contributed by atoms with E-state index in [1.165, 1.54) is 18.0 Å². The van der Waals surface area contributed by atoms with E-state index in [1.807, 2.05) is 0 Å². The lowest BCUT2D eigenvalue weighted by Gasteiger charge is -2.03. The number of amides is 1. The molecule has 0 atom stereocenters. The monoisotopic (exact) mass is 180 g/mol. The van der Waals surface area contributed by atoms with E-state index >= 15 is 0 Å². The van der Waals surface area contributed by atoms with Crippen molar-refractivity contribution in [3.8, 4) is 0 Å². The van der Waals surface area contributed by atoms with Crippen molar-refractivity contribution < 1.29 is 4.79 Å². The van der Waals surface area contributed by atoms with Gasteiger partial charge in [-0.1, -0.05) is 11.8 Å². The fraction of sp³-hybridized carbons (Fsp3) is 0.167. The molecule has 0 N–H and O–H groups in total. The first-order valence-corrected chi connectivity index (χ1v) is 4.41. The van der Waals surface area contributed by atoms with Crippen LogP contribution in [0.25, 0.3) is 0 Å². The van der Waals surface area contributed by atoms with Gasteiger partial charge in [-0.05, 0) is 6.26 Å².